The number of carbonyl (C=O) groups excluding carboxylic acids is 1. The van der Waals surface area contributed by atoms with Gasteiger partial charge in [-0.1, -0.05) is 11.6 Å². The summed E-state index contributed by atoms with van der Waals surface area (Å²) in [7, 11) is -3.22. The van der Waals surface area contributed by atoms with Crippen molar-refractivity contribution in [1.29, 1.82) is 0 Å². The molecule has 0 unspecified atom stereocenters. The third-order valence-electron chi connectivity index (χ3n) is 5.37. The molecule has 3 aromatic heterocycles. The Morgan fingerprint density at radius 2 is 1.93 bits per heavy atom. The second-order valence-corrected chi connectivity index (χ2v) is 10.4. The normalized spacial score (nSPS) is 25.9. The number of oxazole rings is 1. The Kier molecular flexibility index (Phi) is 3.52. The van der Waals surface area contributed by atoms with E-state index in [0.717, 1.165) is 25.5 Å². The molecule has 0 aliphatic heterocycles. The van der Waals surface area contributed by atoms with E-state index in [4.69, 9.17) is 20.4 Å². The lowest BCUT2D eigenvalue weighted by Crippen LogP contribution is -2.76. The van der Waals surface area contributed by atoms with Crippen molar-refractivity contribution >= 4 is 38.6 Å². The van der Waals surface area contributed by atoms with E-state index in [0.29, 0.717) is 22.3 Å². The molecule has 0 radical (unpaired) electrons. The monoisotopic (exact) mass is 421 g/mol. The quantitative estimate of drug-likeness (QED) is 0.629. The largest absolute Gasteiger partial charge is 0.455 e. The summed E-state index contributed by atoms with van der Waals surface area (Å²) in [6, 6.07) is 6.44. The van der Waals surface area contributed by atoms with Gasteiger partial charge in [0.2, 0.25) is 11.6 Å². The molecular weight excluding hydrogens is 406 g/mol. The number of furan rings is 1. The van der Waals surface area contributed by atoms with Gasteiger partial charge >= 0.3 is 0 Å². The van der Waals surface area contributed by atoms with Gasteiger partial charge < -0.3 is 14.2 Å². The number of pyridine rings is 1. The van der Waals surface area contributed by atoms with Crippen molar-refractivity contribution in [2.75, 3.05) is 6.26 Å². The maximum absolute atomic E-state index is 12.5. The molecule has 0 saturated heterocycles. The van der Waals surface area contributed by atoms with E-state index in [1.54, 1.807) is 12.1 Å². The molecule has 2 bridgehead atoms. The molecule has 10 heteroatoms. The van der Waals surface area contributed by atoms with E-state index in [1.807, 2.05) is 0 Å². The van der Waals surface area contributed by atoms with Gasteiger partial charge in [-0.25, -0.2) is 13.4 Å². The molecule has 3 saturated carbocycles. The zero-order valence-electron chi connectivity index (χ0n) is 14.9. The average molecular weight is 422 g/mol. The molecule has 1 amide bonds. The Bertz CT molecular complexity index is 1210. The number of aromatic nitrogens is 2. The van der Waals surface area contributed by atoms with E-state index in [1.165, 1.54) is 12.1 Å². The third-order valence-corrected chi connectivity index (χ3v) is 6.39. The number of nitrogens with one attached hydrogen (secondary N) is 1. The summed E-state index contributed by atoms with van der Waals surface area (Å²) in [4.78, 5) is 21.1. The van der Waals surface area contributed by atoms with E-state index in [2.05, 4.69) is 15.3 Å². The highest BCUT2D eigenvalue weighted by molar-refractivity contribution is 7.89. The summed E-state index contributed by atoms with van der Waals surface area (Å²) in [5.74, 6) is 0.406. The van der Waals surface area contributed by atoms with Gasteiger partial charge in [0.25, 0.3) is 5.91 Å². The van der Waals surface area contributed by atoms with Crippen molar-refractivity contribution in [2.24, 2.45) is 0 Å². The number of nitrogens with zero attached hydrogens (tertiary/aromatic N) is 2. The van der Waals surface area contributed by atoms with Crippen molar-refractivity contribution in [2.45, 2.75) is 36.0 Å². The molecule has 146 valence electrons. The molecule has 3 aliphatic rings. The first-order chi connectivity index (χ1) is 13.2. The number of sulfone groups is 1. The fourth-order valence-electron chi connectivity index (χ4n) is 4.31. The van der Waals surface area contributed by atoms with Crippen molar-refractivity contribution < 1.29 is 22.0 Å². The number of hydrogen-bond acceptors (Lipinski definition) is 7. The summed E-state index contributed by atoms with van der Waals surface area (Å²) < 4.78 is 33.8. The second kappa shape index (κ2) is 5.57. The molecular formula is C18H16ClN3O5S. The maximum Gasteiger partial charge on any atom is 0.287 e. The predicted molar refractivity (Wildman–Crippen MR) is 99.8 cm³/mol. The molecule has 3 fully saturated rings. The third kappa shape index (κ3) is 2.80. The van der Waals surface area contributed by atoms with E-state index >= 15 is 0 Å². The van der Waals surface area contributed by atoms with Crippen molar-refractivity contribution in [3.63, 3.8) is 0 Å². The Hall–Kier alpha value is -2.39. The smallest absolute Gasteiger partial charge is 0.287 e. The van der Waals surface area contributed by atoms with Crippen molar-refractivity contribution in [1.82, 2.24) is 15.3 Å². The first-order valence-corrected chi connectivity index (χ1v) is 11.1. The molecule has 6 rings (SSSR count). The van der Waals surface area contributed by atoms with Gasteiger partial charge in [0.15, 0.2) is 15.6 Å². The molecule has 3 heterocycles. The minimum Gasteiger partial charge on any atom is -0.455 e. The minimum atomic E-state index is -3.22. The molecule has 1 N–H and O–H groups in total. The summed E-state index contributed by atoms with van der Waals surface area (Å²) in [5, 5.41) is 3.35. The van der Waals surface area contributed by atoms with E-state index in [-0.39, 0.29) is 34.1 Å². The van der Waals surface area contributed by atoms with Crippen LogP contribution in [0, 0.1) is 0 Å². The number of hydrogen-bond donors (Lipinski definition) is 1. The number of fused-ring (bicyclic) bond motifs is 1. The lowest BCUT2D eigenvalue weighted by atomic mass is 9.39. The molecule has 8 nitrogen and oxygen atoms in total. The number of halogens is 1. The number of amides is 1. The van der Waals surface area contributed by atoms with Gasteiger partial charge in [-0.15, -0.1) is 0 Å². The van der Waals surface area contributed by atoms with Crippen LogP contribution in [0.5, 0.6) is 0 Å². The van der Waals surface area contributed by atoms with Crippen LogP contribution in [-0.2, 0) is 21.0 Å². The highest BCUT2D eigenvalue weighted by Crippen LogP contribution is 2.67. The Labute approximate surface area is 165 Å². The van der Waals surface area contributed by atoms with Gasteiger partial charge in [-0.3, -0.25) is 4.79 Å². The van der Waals surface area contributed by atoms with Crippen LogP contribution in [0.2, 0.25) is 5.15 Å². The summed E-state index contributed by atoms with van der Waals surface area (Å²) >= 11 is 5.89. The van der Waals surface area contributed by atoms with Crippen LogP contribution in [0.15, 0.2) is 33.1 Å². The first kappa shape index (κ1) is 17.7. The Morgan fingerprint density at radius 1 is 1.18 bits per heavy atom. The molecule has 3 aromatic rings. The molecule has 0 spiro atoms. The van der Waals surface area contributed by atoms with Crippen molar-refractivity contribution in [3.05, 3.63) is 46.8 Å². The van der Waals surface area contributed by atoms with E-state index in [9.17, 15) is 13.2 Å². The highest BCUT2D eigenvalue weighted by Gasteiger charge is 2.71. The summed E-state index contributed by atoms with van der Waals surface area (Å²) in [5.41, 5.74) is 0.605. The van der Waals surface area contributed by atoms with Crippen LogP contribution in [0.1, 0.15) is 41.5 Å². The summed E-state index contributed by atoms with van der Waals surface area (Å²) in [6.07, 6.45) is 3.29. The minimum absolute atomic E-state index is 0.109. The standard InChI is InChI=1S/C18H16ClN3O5S/c1-28(24,25)6-10-2-4-12(26-10)14(23)22-18-7-17(8-18,9-18)16-20-11-3-5-13(19)21-15(11)27-16/h2-5H,6-9H2,1H3,(H,22,23). The predicted octanol–water partition coefficient (Wildman–Crippen LogP) is 2.62. The molecule has 0 atom stereocenters. The molecule has 0 aromatic carbocycles. The SMILES string of the molecule is CS(=O)(=O)Cc1ccc(C(=O)NC23CC(c4nc5ccc(Cl)nc5o4)(C2)C3)o1. The van der Waals surface area contributed by atoms with Crippen LogP contribution in [0.25, 0.3) is 11.2 Å². The van der Waals surface area contributed by atoms with Crippen LogP contribution in [0.3, 0.4) is 0 Å². The lowest BCUT2D eigenvalue weighted by molar-refractivity contribution is -0.0959. The zero-order valence-corrected chi connectivity index (χ0v) is 16.4. The van der Waals surface area contributed by atoms with Crippen LogP contribution >= 0.6 is 11.6 Å². The molecule has 28 heavy (non-hydrogen) atoms. The van der Waals surface area contributed by atoms with Crippen LogP contribution in [-0.4, -0.2) is 36.1 Å². The first-order valence-electron chi connectivity index (χ1n) is 8.68. The Morgan fingerprint density at radius 3 is 2.64 bits per heavy atom. The van der Waals surface area contributed by atoms with Gasteiger partial charge in [0.05, 0.1) is 5.41 Å². The maximum atomic E-state index is 12.5. The van der Waals surface area contributed by atoms with E-state index < -0.39 is 9.84 Å². The van der Waals surface area contributed by atoms with Crippen molar-refractivity contribution in [3.8, 4) is 0 Å². The highest BCUT2D eigenvalue weighted by atomic mass is 35.5. The second-order valence-electron chi connectivity index (χ2n) is 7.86. The average Bonchev–Trinajstić information content (AvgIpc) is 3.13. The fraction of sp³-hybridized carbons (Fsp3) is 0.389. The fourth-order valence-corrected chi connectivity index (χ4v) is 5.12. The number of carbonyl (C=O) groups is 1. The zero-order chi connectivity index (χ0) is 19.7. The van der Waals surface area contributed by atoms with Gasteiger partial charge in [-0.05, 0) is 43.5 Å². The van der Waals surface area contributed by atoms with Gasteiger partial charge in [-0.2, -0.15) is 4.98 Å². The lowest BCUT2D eigenvalue weighted by Gasteiger charge is -2.68. The Balaban J connectivity index is 1.26. The number of rotatable bonds is 5. The van der Waals surface area contributed by atoms with Crippen LogP contribution < -0.4 is 5.32 Å². The van der Waals surface area contributed by atoms with Crippen LogP contribution in [0.4, 0.5) is 0 Å². The summed E-state index contributed by atoms with van der Waals surface area (Å²) in [6.45, 7) is 0. The molecule has 3 aliphatic carbocycles. The topological polar surface area (TPSA) is 115 Å². The van der Waals surface area contributed by atoms with Gasteiger partial charge in [0, 0.05) is 11.8 Å². The van der Waals surface area contributed by atoms with Gasteiger partial charge in [0.1, 0.15) is 22.2 Å².